The van der Waals surface area contributed by atoms with Crippen LogP contribution in [-0.2, 0) is 24.3 Å². The molecule has 0 radical (unpaired) electrons. The van der Waals surface area contributed by atoms with Crippen LogP contribution in [0.4, 0.5) is 5.69 Å². The van der Waals surface area contributed by atoms with E-state index < -0.39 is 0 Å². The molecule has 6 nitrogen and oxygen atoms in total. The molecule has 2 heterocycles. The number of aldehydes is 1. The molecule has 1 N–H and O–H groups in total. The van der Waals surface area contributed by atoms with E-state index in [0.717, 1.165) is 58.4 Å². The molecule has 0 aliphatic carbocycles. The monoisotopic (exact) mass is 425 g/mol. The van der Waals surface area contributed by atoms with E-state index in [1.807, 2.05) is 36.4 Å². The van der Waals surface area contributed by atoms with E-state index in [9.17, 15) is 4.79 Å². The summed E-state index contributed by atoms with van der Waals surface area (Å²) in [5, 5.41) is 5.18. The molecule has 7 heteroatoms. The number of halogens is 1. The predicted molar refractivity (Wildman–Crippen MR) is 119 cm³/mol. The number of pyridine rings is 1. The molecule has 0 atom stereocenters. The number of fused-ring (bicyclic) bond motifs is 2. The molecule has 30 heavy (non-hydrogen) atoms. The van der Waals surface area contributed by atoms with Gasteiger partial charge in [-0.15, -0.1) is 0 Å². The van der Waals surface area contributed by atoms with Crippen molar-refractivity contribution in [2.24, 2.45) is 0 Å². The molecule has 0 bridgehead atoms. The van der Waals surface area contributed by atoms with Crippen LogP contribution >= 0.6 is 11.6 Å². The Balaban J connectivity index is 1.74. The number of methoxy groups -OCH3 is 2. The lowest BCUT2D eigenvalue weighted by molar-refractivity contribution is -0.109. The van der Waals surface area contributed by atoms with Crippen molar-refractivity contribution in [3.05, 3.63) is 58.2 Å². The number of hydrogen-bond donors (Lipinski definition) is 1. The minimum absolute atomic E-state index is 0.420. The molecule has 156 valence electrons. The summed E-state index contributed by atoms with van der Waals surface area (Å²) in [7, 11) is 3.26. The van der Waals surface area contributed by atoms with Gasteiger partial charge >= 0.3 is 0 Å². The molecule has 1 aliphatic rings. The number of carbonyl (C=O) groups excluding carboxylic acids is 1. The molecule has 4 rings (SSSR count). The van der Waals surface area contributed by atoms with Gasteiger partial charge in [-0.3, -0.25) is 9.88 Å². The van der Waals surface area contributed by atoms with Crippen LogP contribution in [0, 0.1) is 0 Å². The number of ether oxygens (including phenoxy) is 2. The molecular formula is C23H24ClN3O3. The summed E-state index contributed by atoms with van der Waals surface area (Å²) in [5.74, 6) is 1.43. The third-order valence-corrected chi connectivity index (χ3v) is 5.74. The average molecular weight is 426 g/mol. The molecular weight excluding hydrogens is 402 g/mol. The summed E-state index contributed by atoms with van der Waals surface area (Å²) in [6, 6.07) is 11.7. The number of nitrogens with zero attached hydrogens (tertiary/aromatic N) is 2. The number of nitrogens with one attached hydrogen (secondary N) is 1. The molecule has 2 aromatic carbocycles. The van der Waals surface area contributed by atoms with Gasteiger partial charge < -0.3 is 19.6 Å². The SMILES string of the molecule is COc1ccc2nc3c(c(NCc4ccc(OC)c(Cl)c4)c2c1)CN(CC=O)CC3. The highest BCUT2D eigenvalue weighted by Crippen LogP contribution is 2.35. The van der Waals surface area contributed by atoms with Crippen LogP contribution in [0.3, 0.4) is 0 Å². The standard InChI is InChI=1S/C23H24ClN3O3/c1-29-16-4-5-20-17(12-16)23(18-14-27(9-10-28)8-7-21(18)26-20)25-13-15-3-6-22(30-2)19(24)11-15/h3-6,10-12H,7-9,13-14H2,1-2H3,(H,25,26). The smallest absolute Gasteiger partial charge is 0.137 e. The van der Waals surface area contributed by atoms with Gasteiger partial charge in [-0.1, -0.05) is 17.7 Å². The second-order valence-electron chi connectivity index (χ2n) is 7.27. The van der Waals surface area contributed by atoms with Crippen molar-refractivity contribution in [2.45, 2.75) is 19.5 Å². The van der Waals surface area contributed by atoms with Crippen molar-refractivity contribution in [3.63, 3.8) is 0 Å². The summed E-state index contributed by atoms with van der Waals surface area (Å²) in [6.45, 7) is 2.52. The Morgan fingerprint density at radius 2 is 2.07 bits per heavy atom. The fraction of sp³-hybridized carbons (Fsp3) is 0.304. The number of anilines is 1. The highest BCUT2D eigenvalue weighted by Gasteiger charge is 2.22. The maximum atomic E-state index is 11.0. The normalized spacial score (nSPS) is 13.7. The van der Waals surface area contributed by atoms with Crippen LogP contribution in [0.25, 0.3) is 10.9 Å². The Morgan fingerprint density at radius 1 is 1.20 bits per heavy atom. The van der Waals surface area contributed by atoms with Gasteiger partial charge in [0.15, 0.2) is 0 Å². The van der Waals surface area contributed by atoms with Crippen molar-refractivity contribution in [1.29, 1.82) is 0 Å². The van der Waals surface area contributed by atoms with E-state index in [4.69, 9.17) is 26.1 Å². The van der Waals surface area contributed by atoms with E-state index in [0.29, 0.717) is 30.4 Å². The van der Waals surface area contributed by atoms with Crippen LogP contribution < -0.4 is 14.8 Å². The van der Waals surface area contributed by atoms with E-state index in [1.54, 1.807) is 14.2 Å². The number of rotatable bonds is 7. The Bertz CT molecular complexity index is 1090. The minimum atomic E-state index is 0.420. The first kappa shape index (κ1) is 20.4. The first-order valence-corrected chi connectivity index (χ1v) is 10.2. The highest BCUT2D eigenvalue weighted by molar-refractivity contribution is 6.32. The van der Waals surface area contributed by atoms with Crippen LogP contribution in [0.2, 0.25) is 5.02 Å². The van der Waals surface area contributed by atoms with E-state index in [2.05, 4.69) is 10.2 Å². The first-order valence-electron chi connectivity index (χ1n) is 9.84. The number of hydrogen-bond acceptors (Lipinski definition) is 6. The average Bonchev–Trinajstić information content (AvgIpc) is 2.76. The van der Waals surface area contributed by atoms with Crippen molar-refractivity contribution in [1.82, 2.24) is 9.88 Å². The zero-order valence-corrected chi connectivity index (χ0v) is 17.8. The Hall–Kier alpha value is -2.83. The minimum Gasteiger partial charge on any atom is -0.497 e. The lowest BCUT2D eigenvalue weighted by Gasteiger charge is -2.29. The van der Waals surface area contributed by atoms with Crippen LogP contribution in [0.15, 0.2) is 36.4 Å². The Labute approximate surface area is 180 Å². The fourth-order valence-electron chi connectivity index (χ4n) is 3.88. The molecule has 0 unspecified atom stereocenters. The lowest BCUT2D eigenvalue weighted by atomic mass is 9.99. The molecule has 1 aliphatic heterocycles. The molecule has 0 saturated heterocycles. The van der Waals surface area contributed by atoms with E-state index >= 15 is 0 Å². The van der Waals surface area contributed by atoms with Crippen LogP contribution in [-0.4, -0.2) is 43.5 Å². The van der Waals surface area contributed by atoms with Gasteiger partial charge in [-0.2, -0.15) is 0 Å². The summed E-state index contributed by atoms with van der Waals surface area (Å²) >= 11 is 6.30. The maximum absolute atomic E-state index is 11.0. The molecule has 3 aromatic rings. The summed E-state index contributed by atoms with van der Waals surface area (Å²) in [4.78, 5) is 18.1. The molecule has 0 saturated carbocycles. The maximum Gasteiger partial charge on any atom is 0.137 e. The van der Waals surface area contributed by atoms with E-state index in [1.165, 1.54) is 0 Å². The summed E-state index contributed by atoms with van der Waals surface area (Å²) in [6.07, 6.45) is 1.77. The predicted octanol–water partition coefficient (Wildman–Crippen LogP) is 4.07. The van der Waals surface area contributed by atoms with Gasteiger partial charge in [0.2, 0.25) is 0 Å². The quantitative estimate of drug-likeness (QED) is 0.575. The van der Waals surface area contributed by atoms with Gasteiger partial charge in [-0.25, -0.2) is 0 Å². The number of carbonyl (C=O) groups is 1. The summed E-state index contributed by atoms with van der Waals surface area (Å²) in [5.41, 5.74) is 5.20. The first-order chi connectivity index (χ1) is 14.6. The second-order valence-corrected chi connectivity index (χ2v) is 7.68. The third kappa shape index (κ3) is 4.06. The highest BCUT2D eigenvalue weighted by atomic mass is 35.5. The van der Waals surface area contributed by atoms with Gasteiger partial charge in [0, 0.05) is 42.7 Å². The topological polar surface area (TPSA) is 63.7 Å². The van der Waals surface area contributed by atoms with Crippen molar-refractivity contribution < 1.29 is 14.3 Å². The van der Waals surface area contributed by atoms with Gasteiger partial charge in [0.1, 0.15) is 17.8 Å². The van der Waals surface area contributed by atoms with Crippen LogP contribution in [0.1, 0.15) is 16.8 Å². The molecule has 0 spiro atoms. The zero-order valence-electron chi connectivity index (χ0n) is 17.1. The Kier molecular flexibility index (Phi) is 6.06. The zero-order chi connectivity index (χ0) is 21.1. The number of benzene rings is 2. The van der Waals surface area contributed by atoms with Crippen molar-refractivity contribution >= 4 is 34.5 Å². The molecule has 1 aromatic heterocycles. The van der Waals surface area contributed by atoms with E-state index in [-0.39, 0.29) is 0 Å². The molecule has 0 amide bonds. The second kappa shape index (κ2) is 8.90. The Morgan fingerprint density at radius 3 is 2.80 bits per heavy atom. The van der Waals surface area contributed by atoms with Crippen molar-refractivity contribution in [3.8, 4) is 11.5 Å². The lowest BCUT2D eigenvalue weighted by Crippen LogP contribution is -2.33. The van der Waals surface area contributed by atoms with Crippen LogP contribution in [0.5, 0.6) is 11.5 Å². The third-order valence-electron chi connectivity index (χ3n) is 5.44. The van der Waals surface area contributed by atoms with Gasteiger partial charge in [0.25, 0.3) is 0 Å². The van der Waals surface area contributed by atoms with Gasteiger partial charge in [0.05, 0.1) is 37.0 Å². The summed E-state index contributed by atoms with van der Waals surface area (Å²) < 4.78 is 10.7. The largest absolute Gasteiger partial charge is 0.497 e. The fourth-order valence-corrected chi connectivity index (χ4v) is 4.16. The van der Waals surface area contributed by atoms with Crippen molar-refractivity contribution in [2.75, 3.05) is 32.6 Å². The number of aromatic nitrogens is 1. The van der Waals surface area contributed by atoms with Gasteiger partial charge in [-0.05, 0) is 35.9 Å². The molecule has 0 fully saturated rings.